The van der Waals surface area contributed by atoms with E-state index in [4.69, 9.17) is 10.5 Å². The van der Waals surface area contributed by atoms with Crippen LogP contribution < -0.4 is 10.5 Å². The fourth-order valence-corrected chi connectivity index (χ4v) is 1.52. The molecular formula is C10H13NO. The van der Waals surface area contributed by atoms with Gasteiger partial charge in [-0.3, -0.25) is 0 Å². The summed E-state index contributed by atoms with van der Waals surface area (Å²) >= 11 is 0. The van der Waals surface area contributed by atoms with Crippen molar-refractivity contribution in [1.29, 1.82) is 0 Å². The van der Waals surface area contributed by atoms with Crippen molar-refractivity contribution in [2.45, 2.75) is 25.9 Å². The molecule has 64 valence electrons. The van der Waals surface area contributed by atoms with Gasteiger partial charge in [-0.1, -0.05) is 6.07 Å². The van der Waals surface area contributed by atoms with Crippen LogP contribution in [0.4, 0.5) is 5.69 Å². The highest BCUT2D eigenvalue weighted by Gasteiger charge is 2.15. The summed E-state index contributed by atoms with van der Waals surface area (Å²) < 4.78 is 5.63. The zero-order valence-electron chi connectivity index (χ0n) is 7.21. The molecule has 1 aliphatic heterocycles. The Kier molecular flexibility index (Phi) is 1.68. The Morgan fingerprint density at radius 3 is 3.17 bits per heavy atom. The molecule has 2 N–H and O–H groups in total. The lowest BCUT2D eigenvalue weighted by molar-refractivity contribution is 0.192. The standard InChI is InChI=1S/C10H13NO/c1-7-2-3-8-4-5-9(11)6-10(8)12-7/h4-7H,2-3,11H2,1H3. The molecule has 1 aliphatic rings. The zero-order chi connectivity index (χ0) is 8.55. The average molecular weight is 163 g/mol. The average Bonchev–Trinajstić information content (AvgIpc) is 2.03. The van der Waals surface area contributed by atoms with Gasteiger partial charge in [0.25, 0.3) is 0 Å². The lowest BCUT2D eigenvalue weighted by Crippen LogP contribution is -2.18. The van der Waals surface area contributed by atoms with Gasteiger partial charge in [-0.15, -0.1) is 0 Å². The van der Waals surface area contributed by atoms with Crippen LogP contribution >= 0.6 is 0 Å². The number of nitrogen functional groups attached to an aromatic ring is 1. The van der Waals surface area contributed by atoms with Crippen LogP contribution in [0.15, 0.2) is 18.2 Å². The monoisotopic (exact) mass is 163 g/mol. The van der Waals surface area contributed by atoms with Gasteiger partial charge >= 0.3 is 0 Å². The Morgan fingerprint density at radius 1 is 1.50 bits per heavy atom. The Hall–Kier alpha value is -1.18. The summed E-state index contributed by atoms with van der Waals surface area (Å²) in [6, 6.07) is 5.89. The van der Waals surface area contributed by atoms with E-state index in [2.05, 4.69) is 13.0 Å². The molecule has 0 saturated heterocycles. The lowest BCUT2D eigenvalue weighted by Gasteiger charge is -2.23. The van der Waals surface area contributed by atoms with Gasteiger partial charge in [0.15, 0.2) is 0 Å². The van der Waals surface area contributed by atoms with E-state index in [1.807, 2.05) is 12.1 Å². The topological polar surface area (TPSA) is 35.2 Å². The van der Waals surface area contributed by atoms with Crippen molar-refractivity contribution in [2.24, 2.45) is 0 Å². The Balaban J connectivity index is 2.37. The Labute approximate surface area is 72.3 Å². The first-order chi connectivity index (χ1) is 5.75. The number of ether oxygens (including phenoxy) is 1. The molecule has 0 radical (unpaired) electrons. The molecule has 0 aromatic heterocycles. The molecule has 1 aromatic rings. The van der Waals surface area contributed by atoms with Crippen molar-refractivity contribution in [3.05, 3.63) is 23.8 Å². The molecule has 1 unspecified atom stereocenters. The van der Waals surface area contributed by atoms with Crippen molar-refractivity contribution < 1.29 is 4.74 Å². The summed E-state index contributed by atoms with van der Waals surface area (Å²) in [4.78, 5) is 0. The van der Waals surface area contributed by atoms with Gasteiger partial charge in [-0.05, 0) is 31.4 Å². The molecule has 2 nitrogen and oxygen atoms in total. The molecule has 2 heteroatoms. The largest absolute Gasteiger partial charge is 0.490 e. The van der Waals surface area contributed by atoms with Gasteiger partial charge < -0.3 is 10.5 Å². The van der Waals surface area contributed by atoms with Crippen LogP contribution in [0.3, 0.4) is 0 Å². The van der Waals surface area contributed by atoms with E-state index < -0.39 is 0 Å². The molecule has 2 rings (SSSR count). The summed E-state index contributed by atoms with van der Waals surface area (Å²) in [5.74, 6) is 0.966. The van der Waals surface area contributed by atoms with Gasteiger partial charge in [0.1, 0.15) is 5.75 Å². The van der Waals surface area contributed by atoms with Crippen LogP contribution in [-0.2, 0) is 6.42 Å². The van der Waals surface area contributed by atoms with Gasteiger partial charge in [0, 0.05) is 11.8 Å². The minimum Gasteiger partial charge on any atom is -0.490 e. The normalized spacial score (nSPS) is 21.2. The van der Waals surface area contributed by atoms with E-state index in [1.54, 1.807) is 0 Å². The molecule has 0 bridgehead atoms. The maximum Gasteiger partial charge on any atom is 0.124 e. The smallest absolute Gasteiger partial charge is 0.124 e. The molecule has 0 spiro atoms. The Morgan fingerprint density at radius 2 is 2.33 bits per heavy atom. The summed E-state index contributed by atoms with van der Waals surface area (Å²) in [6.07, 6.45) is 2.55. The molecule has 0 saturated carbocycles. The second-order valence-corrected chi connectivity index (χ2v) is 3.33. The molecular weight excluding hydrogens is 150 g/mol. The number of aryl methyl sites for hydroxylation is 1. The van der Waals surface area contributed by atoms with Crippen LogP contribution in [0.25, 0.3) is 0 Å². The molecule has 1 aromatic carbocycles. The van der Waals surface area contributed by atoms with Gasteiger partial charge in [-0.25, -0.2) is 0 Å². The highest BCUT2D eigenvalue weighted by Crippen LogP contribution is 2.28. The summed E-state index contributed by atoms with van der Waals surface area (Å²) in [6.45, 7) is 2.09. The van der Waals surface area contributed by atoms with Crippen molar-refractivity contribution in [3.8, 4) is 5.75 Å². The van der Waals surface area contributed by atoms with E-state index in [0.717, 1.165) is 24.3 Å². The van der Waals surface area contributed by atoms with Gasteiger partial charge in [-0.2, -0.15) is 0 Å². The fraction of sp³-hybridized carbons (Fsp3) is 0.400. The van der Waals surface area contributed by atoms with E-state index in [-0.39, 0.29) is 0 Å². The van der Waals surface area contributed by atoms with Crippen molar-refractivity contribution >= 4 is 5.69 Å². The second kappa shape index (κ2) is 2.70. The third kappa shape index (κ3) is 1.24. The fourth-order valence-electron chi connectivity index (χ4n) is 1.52. The lowest BCUT2D eigenvalue weighted by atomic mass is 10.0. The first kappa shape index (κ1) is 7.47. The van der Waals surface area contributed by atoms with Crippen LogP contribution in [0.5, 0.6) is 5.75 Å². The highest BCUT2D eigenvalue weighted by atomic mass is 16.5. The quantitative estimate of drug-likeness (QED) is 0.593. The third-order valence-corrected chi connectivity index (χ3v) is 2.24. The summed E-state index contributed by atoms with van der Waals surface area (Å²) in [5, 5.41) is 0. The van der Waals surface area contributed by atoms with E-state index in [9.17, 15) is 0 Å². The number of hydrogen-bond donors (Lipinski definition) is 1. The summed E-state index contributed by atoms with van der Waals surface area (Å²) in [7, 11) is 0. The molecule has 1 heterocycles. The van der Waals surface area contributed by atoms with Crippen molar-refractivity contribution in [2.75, 3.05) is 5.73 Å². The molecule has 0 aliphatic carbocycles. The van der Waals surface area contributed by atoms with E-state index >= 15 is 0 Å². The highest BCUT2D eigenvalue weighted by molar-refractivity contribution is 5.49. The van der Waals surface area contributed by atoms with Crippen LogP contribution in [0.2, 0.25) is 0 Å². The number of fused-ring (bicyclic) bond motifs is 1. The first-order valence-electron chi connectivity index (χ1n) is 4.31. The van der Waals surface area contributed by atoms with Crippen LogP contribution in [0, 0.1) is 0 Å². The number of rotatable bonds is 0. The van der Waals surface area contributed by atoms with E-state index in [1.165, 1.54) is 5.56 Å². The predicted octanol–water partition coefficient (Wildman–Crippen LogP) is 1.98. The maximum absolute atomic E-state index is 5.65. The van der Waals surface area contributed by atoms with E-state index in [0.29, 0.717) is 6.10 Å². The van der Waals surface area contributed by atoms with Crippen molar-refractivity contribution in [1.82, 2.24) is 0 Å². The number of benzene rings is 1. The SMILES string of the molecule is CC1CCc2ccc(N)cc2O1. The first-order valence-corrected chi connectivity index (χ1v) is 4.31. The predicted molar refractivity (Wildman–Crippen MR) is 49.3 cm³/mol. The number of hydrogen-bond acceptors (Lipinski definition) is 2. The van der Waals surface area contributed by atoms with Crippen LogP contribution in [-0.4, -0.2) is 6.10 Å². The Bertz CT molecular complexity index is 296. The maximum atomic E-state index is 5.65. The minimum absolute atomic E-state index is 0.333. The van der Waals surface area contributed by atoms with Crippen molar-refractivity contribution in [3.63, 3.8) is 0 Å². The third-order valence-electron chi connectivity index (χ3n) is 2.24. The molecule has 1 atom stereocenters. The van der Waals surface area contributed by atoms with Gasteiger partial charge in [0.2, 0.25) is 0 Å². The molecule has 12 heavy (non-hydrogen) atoms. The molecule has 0 amide bonds. The van der Waals surface area contributed by atoms with Gasteiger partial charge in [0.05, 0.1) is 6.10 Å². The minimum atomic E-state index is 0.333. The zero-order valence-corrected chi connectivity index (χ0v) is 7.21. The second-order valence-electron chi connectivity index (χ2n) is 3.33. The van der Waals surface area contributed by atoms with Crippen LogP contribution in [0.1, 0.15) is 18.9 Å². The summed E-state index contributed by atoms with van der Waals surface area (Å²) in [5.41, 5.74) is 7.71. The molecule has 0 fully saturated rings. The number of anilines is 1. The number of nitrogens with two attached hydrogens (primary N) is 1.